The van der Waals surface area contributed by atoms with Crippen molar-refractivity contribution in [3.63, 3.8) is 0 Å². The van der Waals surface area contributed by atoms with E-state index in [9.17, 15) is 0 Å². The highest BCUT2D eigenvalue weighted by Crippen LogP contribution is 2.31. The van der Waals surface area contributed by atoms with Crippen molar-refractivity contribution in [2.75, 3.05) is 7.05 Å². The van der Waals surface area contributed by atoms with Gasteiger partial charge in [-0.2, -0.15) is 0 Å². The summed E-state index contributed by atoms with van der Waals surface area (Å²) in [5.74, 6) is 0. The SMILES string of the molecule is CNC(C)c1ccc(Cl)c(-c2ccc(Cl)cc2)c1. The summed E-state index contributed by atoms with van der Waals surface area (Å²) in [6, 6.07) is 14.1. The summed E-state index contributed by atoms with van der Waals surface area (Å²) in [6.45, 7) is 2.12. The fourth-order valence-electron chi connectivity index (χ4n) is 1.83. The fourth-order valence-corrected chi connectivity index (χ4v) is 2.18. The van der Waals surface area contributed by atoms with Crippen LogP contribution in [0.2, 0.25) is 10.0 Å². The van der Waals surface area contributed by atoms with Crippen molar-refractivity contribution < 1.29 is 0 Å². The van der Waals surface area contributed by atoms with Gasteiger partial charge in [0, 0.05) is 21.7 Å². The van der Waals surface area contributed by atoms with Crippen LogP contribution >= 0.6 is 23.2 Å². The molecule has 1 nitrogen and oxygen atoms in total. The minimum atomic E-state index is 0.299. The van der Waals surface area contributed by atoms with Crippen molar-refractivity contribution in [3.05, 3.63) is 58.1 Å². The third kappa shape index (κ3) is 2.86. The summed E-state index contributed by atoms with van der Waals surface area (Å²) in [4.78, 5) is 0. The van der Waals surface area contributed by atoms with Gasteiger partial charge >= 0.3 is 0 Å². The Kier molecular flexibility index (Phi) is 4.28. The first-order chi connectivity index (χ1) is 8.61. The predicted molar refractivity (Wildman–Crippen MR) is 79.4 cm³/mol. The Labute approximate surface area is 118 Å². The number of rotatable bonds is 3. The molecule has 0 fully saturated rings. The molecule has 0 saturated heterocycles. The van der Waals surface area contributed by atoms with Crippen molar-refractivity contribution in [2.24, 2.45) is 0 Å². The third-order valence-corrected chi connectivity index (χ3v) is 3.66. The van der Waals surface area contributed by atoms with Crippen molar-refractivity contribution >= 4 is 23.2 Å². The van der Waals surface area contributed by atoms with Gasteiger partial charge < -0.3 is 5.32 Å². The Morgan fingerprint density at radius 1 is 1.00 bits per heavy atom. The molecule has 0 radical (unpaired) electrons. The highest BCUT2D eigenvalue weighted by molar-refractivity contribution is 6.33. The lowest BCUT2D eigenvalue weighted by Gasteiger charge is -2.13. The molecule has 0 amide bonds. The number of nitrogens with one attached hydrogen (secondary N) is 1. The summed E-state index contributed by atoms with van der Waals surface area (Å²) in [5, 5.41) is 4.71. The Bertz CT molecular complexity index is 535. The smallest absolute Gasteiger partial charge is 0.0484 e. The predicted octanol–water partition coefficient (Wildman–Crippen LogP) is 4.94. The quantitative estimate of drug-likeness (QED) is 0.839. The van der Waals surface area contributed by atoms with Crippen molar-refractivity contribution in [1.82, 2.24) is 5.32 Å². The molecule has 94 valence electrons. The van der Waals surface area contributed by atoms with Gasteiger partial charge in [0.15, 0.2) is 0 Å². The molecule has 0 heterocycles. The van der Waals surface area contributed by atoms with Gasteiger partial charge in [0.1, 0.15) is 0 Å². The summed E-state index contributed by atoms with van der Waals surface area (Å²) >= 11 is 12.2. The zero-order chi connectivity index (χ0) is 13.1. The summed E-state index contributed by atoms with van der Waals surface area (Å²) in [5.41, 5.74) is 3.33. The number of halogens is 2. The third-order valence-electron chi connectivity index (χ3n) is 3.08. The monoisotopic (exact) mass is 279 g/mol. The number of hydrogen-bond acceptors (Lipinski definition) is 1. The zero-order valence-corrected chi connectivity index (χ0v) is 11.9. The van der Waals surface area contributed by atoms with Crippen LogP contribution in [0.15, 0.2) is 42.5 Å². The molecule has 0 aromatic heterocycles. The van der Waals surface area contributed by atoms with E-state index in [4.69, 9.17) is 23.2 Å². The van der Waals surface area contributed by atoms with Crippen LogP contribution in [0.3, 0.4) is 0 Å². The Morgan fingerprint density at radius 2 is 1.67 bits per heavy atom. The van der Waals surface area contributed by atoms with E-state index >= 15 is 0 Å². The van der Waals surface area contributed by atoms with Crippen LogP contribution in [0.5, 0.6) is 0 Å². The minimum Gasteiger partial charge on any atom is -0.313 e. The van der Waals surface area contributed by atoms with Gasteiger partial charge in [-0.15, -0.1) is 0 Å². The lowest BCUT2D eigenvalue weighted by Crippen LogP contribution is -2.12. The average molecular weight is 280 g/mol. The second-order valence-corrected chi connectivity index (χ2v) is 5.10. The van der Waals surface area contributed by atoms with E-state index in [0.717, 1.165) is 21.2 Å². The normalized spacial score (nSPS) is 12.4. The van der Waals surface area contributed by atoms with Gasteiger partial charge in [-0.05, 0) is 49.4 Å². The molecular formula is C15H15Cl2N. The van der Waals surface area contributed by atoms with Gasteiger partial charge in [0.2, 0.25) is 0 Å². The molecule has 0 saturated carbocycles. The van der Waals surface area contributed by atoms with Crippen LogP contribution < -0.4 is 5.32 Å². The zero-order valence-electron chi connectivity index (χ0n) is 10.4. The van der Waals surface area contributed by atoms with Gasteiger partial charge in [-0.25, -0.2) is 0 Å². The largest absolute Gasteiger partial charge is 0.313 e. The molecule has 0 aliphatic carbocycles. The fraction of sp³-hybridized carbons (Fsp3) is 0.200. The van der Waals surface area contributed by atoms with Crippen molar-refractivity contribution in [1.29, 1.82) is 0 Å². The van der Waals surface area contributed by atoms with Crippen LogP contribution in [0.4, 0.5) is 0 Å². The lowest BCUT2D eigenvalue weighted by atomic mass is 10.00. The van der Waals surface area contributed by atoms with Crippen LogP contribution in [-0.2, 0) is 0 Å². The molecular weight excluding hydrogens is 265 g/mol. The second-order valence-electron chi connectivity index (χ2n) is 4.26. The molecule has 0 spiro atoms. The Morgan fingerprint density at radius 3 is 2.28 bits per heavy atom. The molecule has 1 unspecified atom stereocenters. The molecule has 2 aromatic carbocycles. The van der Waals surface area contributed by atoms with Crippen LogP contribution in [0.1, 0.15) is 18.5 Å². The number of hydrogen-bond donors (Lipinski definition) is 1. The number of benzene rings is 2. The first kappa shape index (κ1) is 13.4. The minimum absolute atomic E-state index is 0.299. The summed E-state index contributed by atoms with van der Waals surface area (Å²) in [6.07, 6.45) is 0. The van der Waals surface area contributed by atoms with Gasteiger partial charge in [0.05, 0.1) is 0 Å². The molecule has 0 aliphatic rings. The van der Waals surface area contributed by atoms with Crippen LogP contribution in [-0.4, -0.2) is 7.05 Å². The lowest BCUT2D eigenvalue weighted by molar-refractivity contribution is 0.652. The van der Waals surface area contributed by atoms with E-state index in [1.165, 1.54) is 5.56 Å². The van der Waals surface area contributed by atoms with E-state index < -0.39 is 0 Å². The summed E-state index contributed by atoms with van der Waals surface area (Å²) in [7, 11) is 1.95. The molecule has 1 atom stereocenters. The van der Waals surface area contributed by atoms with Gasteiger partial charge in [-0.1, -0.05) is 41.4 Å². The first-order valence-corrected chi connectivity index (χ1v) is 6.60. The highest BCUT2D eigenvalue weighted by Gasteiger charge is 2.08. The topological polar surface area (TPSA) is 12.0 Å². The molecule has 3 heteroatoms. The van der Waals surface area contributed by atoms with Crippen molar-refractivity contribution in [2.45, 2.75) is 13.0 Å². The van der Waals surface area contributed by atoms with Crippen molar-refractivity contribution in [3.8, 4) is 11.1 Å². The molecule has 2 rings (SSSR count). The maximum atomic E-state index is 6.27. The standard InChI is InChI=1S/C15H15Cl2N/c1-10(18-2)12-5-8-15(17)14(9-12)11-3-6-13(16)7-4-11/h3-10,18H,1-2H3. The summed E-state index contributed by atoms with van der Waals surface area (Å²) < 4.78 is 0. The van der Waals surface area contributed by atoms with E-state index in [-0.39, 0.29) is 0 Å². The van der Waals surface area contributed by atoms with Gasteiger partial charge in [-0.3, -0.25) is 0 Å². The van der Waals surface area contributed by atoms with Crippen LogP contribution in [0.25, 0.3) is 11.1 Å². The van der Waals surface area contributed by atoms with E-state index in [1.807, 2.05) is 43.4 Å². The van der Waals surface area contributed by atoms with E-state index in [2.05, 4.69) is 18.3 Å². The first-order valence-electron chi connectivity index (χ1n) is 5.84. The average Bonchev–Trinajstić information content (AvgIpc) is 2.39. The molecule has 2 aromatic rings. The molecule has 1 N–H and O–H groups in total. The van der Waals surface area contributed by atoms with E-state index in [1.54, 1.807) is 0 Å². The molecule has 0 bridgehead atoms. The maximum absolute atomic E-state index is 6.27. The Balaban J connectivity index is 2.46. The second kappa shape index (κ2) is 5.75. The molecule has 18 heavy (non-hydrogen) atoms. The van der Waals surface area contributed by atoms with E-state index in [0.29, 0.717) is 6.04 Å². The highest BCUT2D eigenvalue weighted by atomic mass is 35.5. The molecule has 0 aliphatic heterocycles. The Hall–Kier alpha value is -1.02. The maximum Gasteiger partial charge on any atom is 0.0484 e. The van der Waals surface area contributed by atoms with Gasteiger partial charge in [0.25, 0.3) is 0 Å². The van der Waals surface area contributed by atoms with Crippen LogP contribution in [0, 0.1) is 0 Å².